The Morgan fingerprint density at radius 3 is 2.59 bits per heavy atom. The molecule has 0 fully saturated rings. The van der Waals surface area contributed by atoms with E-state index in [0.717, 1.165) is 5.56 Å². The first kappa shape index (κ1) is 13.6. The second kappa shape index (κ2) is 5.77. The Kier molecular flexibility index (Phi) is 4.63. The Balaban J connectivity index is 2.85. The van der Waals surface area contributed by atoms with Crippen molar-refractivity contribution < 1.29 is 9.53 Å². The molecule has 2 N–H and O–H groups in total. The van der Waals surface area contributed by atoms with Crippen LogP contribution in [0.25, 0.3) is 0 Å². The van der Waals surface area contributed by atoms with Crippen molar-refractivity contribution >= 4 is 23.3 Å². The molecule has 0 aromatic heterocycles. The molecular weight excluding hydrogens is 240 g/mol. The lowest BCUT2D eigenvalue weighted by molar-refractivity contribution is 0.250. The van der Waals surface area contributed by atoms with E-state index < -0.39 is 0 Å². The topological polar surface area (TPSA) is 50.4 Å². The zero-order chi connectivity index (χ0) is 13.0. The monoisotopic (exact) mass is 256 g/mol. The predicted octanol–water partition coefficient (Wildman–Crippen LogP) is 3.19. The molecule has 0 bridgehead atoms. The summed E-state index contributed by atoms with van der Waals surface area (Å²) in [5.74, 6) is 0.596. The summed E-state index contributed by atoms with van der Waals surface area (Å²) in [7, 11) is 1.55. The predicted molar refractivity (Wildman–Crippen MR) is 70.0 cm³/mol. The van der Waals surface area contributed by atoms with Gasteiger partial charge in [0.05, 0.1) is 12.1 Å². The quantitative estimate of drug-likeness (QED) is 0.873. The third kappa shape index (κ3) is 3.82. The molecule has 0 unspecified atom stereocenters. The van der Waals surface area contributed by atoms with Gasteiger partial charge in [0.1, 0.15) is 5.75 Å². The molecule has 0 aliphatic heterocycles. The van der Waals surface area contributed by atoms with Crippen LogP contribution >= 0.6 is 11.6 Å². The van der Waals surface area contributed by atoms with Crippen molar-refractivity contribution in [2.24, 2.45) is 0 Å². The number of anilines is 1. The average Bonchev–Trinajstić information content (AvgIpc) is 2.21. The van der Waals surface area contributed by atoms with E-state index in [1.807, 2.05) is 20.8 Å². The van der Waals surface area contributed by atoms with E-state index in [2.05, 4.69) is 10.6 Å². The van der Waals surface area contributed by atoms with Gasteiger partial charge in [-0.1, -0.05) is 11.6 Å². The summed E-state index contributed by atoms with van der Waals surface area (Å²) in [4.78, 5) is 11.5. The minimum atomic E-state index is -0.246. The molecule has 0 spiro atoms. The standard InChI is InChI=1S/C12H17ClN2O2/c1-7(2)14-12(16)15-10-6-9(13)11(17-4)5-8(10)3/h5-7H,1-4H3,(H2,14,15,16). The van der Waals surface area contributed by atoms with Gasteiger partial charge in [-0.2, -0.15) is 0 Å². The number of rotatable bonds is 3. The van der Waals surface area contributed by atoms with Gasteiger partial charge in [-0.05, 0) is 38.5 Å². The first-order valence-corrected chi connectivity index (χ1v) is 5.73. The van der Waals surface area contributed by atoms with Crippen LogP contribution in [0.3, 0.4) is 0 Å². The first-order valence-electron chi connectivity index (χ1n) is 5.35. The summed E-state index contributed by atoms with van der Waals surface area (Å²) in [5, 5.41) is 5.96. The van der Waals surface area contributed by atoms with Gasteiger partial charge in [-0.15, -0.1) is 0 Å². The Hall–Kier alpha value is -1.42. The maximum absolute atomic E-state index is 11.5. The SMILES string of the molecule is COc1cc(C)c(NC(=O)NC(C)C)cc1Cl. The fraction of sp³-hybridized carbons (Fsp3) is 0.417. The number of ether oxygens (including phenoxy) is 1. The summed E-state index contributed by atoms with van der Waals surface area (Å²) >= 11 is 5.99. The molecule has 2 amide bonds. The highest BCUT2D eigenvalue weighted by molar-refractivity contribution is 6.32. The lowest BCUT2D eigenvalue weighted by Crippen LogP contribution is -2.34. The first-order chi connectivity index (χ1) is 7.93. The van der Waals surface area contributed by atoms with Crippen molar-refractivity contribution in [1.82, 2.24) is 5.32 Å². The van der Waals surface area contributed by atoms with Crippen LogP contribution in [0.4, 0.5) is 10.5 Å². The van der Waals surface area contributed by atoms with Crippen molar-refractivity contribution in [2.75, 3.05) is 12.4 Å². The third-order valence-electron chi connectivity index (χ3n) is 2.17. The van der Waals surface area contributed by atoms with Crippen molar-refractivity contribution in [1.29, 1.82) is 0 Å². The zero-order valence-electron chi connectivity index (χ0n) is 10.4. The Morgan fingerprint density at radius 1 is 1.41 bits per heavy atom. The number of carbonyl (C=O) groups excluding carboxylic acids is 1. The number of hydrogen-bond acceptors (Lipinski definition) is 2. The largest absolute Gasteiger partial charge is 0.495 e. The molecule has 0 aliphatic carbocycles. The van der Waals surface area contributed by atoms with E-state index in [1.54, 1.807) is 19.2 Å². The Labute approximate surface area is 106 Å². The summed E-state index contributed by atoms with van der Waals surface area (Å²) in [6.07, 6.45) is 0. The van der Waals surface area contributed by atoms with Gasteiger partial charge < -0.3 is 15.4 Å². The van der Waals surface area contributed by atoms with E-state index in [-0.39, 0.29) is 12.1 Å². The van der Waals surface area contributed by atoms with Gasteiger partial charge in [-0.3, -0.25) is 0 Å². The fourth-order valence-corrected chi connectivity index (χ4v) is 1.61. The maximum Gasteiger partial charge on any atom is 0.319 e. The highest BCUT2D eigenvalue weighted by atomic mass is 35.5. The molecule has 1 rings (SSSR count). The number of halogens is 1. The van der Waals surface area contributed by atoms with Crippen LogP contribution in [0.15, 0.2) is 12.1 Å². The second-order valence-corrected chi connectivity index (χ2v) is 4.46. The van der Waals surface area contributed by atoms with Gasteiger partial charge in [0, 0.05) is 11.7 Å². The molecule has 1 aromatic carbocycles. The zero-order valence-corrected chi connectivity index (χ0v) is 11.2. The maximum atomic E-state index is 11.5. The van der Waals surface area contributed by atoms with Gasteiger partial charge >= 0.3 is 6.03 Å². The van der Waals surface area contributed by atoms with Crippen molar-refractivity contribution in [3.8, 4) is 5.75 Å². The van der Waals surface area contributed by atoms with Gasteiger partial charge in [-0.25, -0.2) is 4.79 Å². The van der Waals surface area contributed by atoms with E-state index in [1.165, 1.54) is 0 Å². The highest BCUT2D eigenvalue weighted by Gasteiger charge is 2.09. The van der Waals surface area contributed by atoms with Crippen LogP contribution in [0, 0.1) is 6.92 Å². The van der Waals surface area contributed by atoms with Gasteiger partial charge in [0.15, 0.2) is 0 Å². The summed E-state index contributed by atoms with van der Waals surface area (Å²) in [6.45, 7) is 5.67. The molecule has 0 aliphatic rings. The van der Waals surface area contributed by atoms with Crippen LogP contribution in [0.5, 0.6) is 5.75 Å². The lowest BCUT2D eigenvalue weighted by atomic mass is 10.2. The molecule has 4 nitrogen and oxygen atoms in total. The Bertz CT molecular complexity index is 419. The number of aryl methyl sites for hydroxylation is 1. The van der Waals surface area contributed by atoms with Crippen LogP contribution in [-0.2, 0) is 0 Å². The molecule has 1 aromatic rings. The molecule has 94 valence electrons. The smallest absolute Gasteiger partial charge is 0.319 e. The number of urea groups is 1. The number of carbonyl (C=O) groups is 1. The van der Waals surface area contributed by atoms with Crippen molar-refractivity contribution in [2.45, 2.75) is 26.8 Å². The summed E-state index contributed by atoms with van der Waals surface area (Å²) in [5.41, 5.74) is 1.57. The molecule has 0 radical (unpaired) electrons. The van der Waals surface area contributed by atoms with Gasteiger partial charge in [0.2, 0.25) is 0 Å². The summed E-state index contributed by atoms with van der Waals surface area (Å²) in [6, 6.07) is 3.30. The van der Waals surface area contributed by atoms with E-state index in [9.17, 15) is 4.79 Å². The molecule has 17 heavy (non-hydrogen) atoms. The third-order valence-corrected chi connectivity index (χ3v) is 2.46. The number of amides is 2. The summed E-state index contributed by atoms with van der Waals surface area (Å²) < 4.78 is 5.09. The minimum Gasteiger partial charge on any atom is -0.495 e. The Morgan fingerprint density at radius 2 is 2.06 bits per heavy atom. The van der Waals surface area contributed by atoms with E-state index >= 15 is 0 Å². The number of methoxy groups -OCH3 is 1. The van der Waals surface area contributed by atoms with Crippen LogP contribution in [0.1, 0.15) is 19.4 Å². The molecule has 5 heteroatoms. The van der Waals surface area contributed by atoms with E-state index in [0.29, 0.717) is 16.5 Å². The number of nitrogens with one attached hydrogen (secondary N) is 2. The van der Waals surface area contributed by atoms with Crippen LogP contribution in [0.2, 0.25) is 5.02 Å². The fourth-order valence-electron chi connectivity index (χ4n) is 1.37. The normalized spacial score (nSPS) is 10.2. The molecule has 0 saturated carbocycles. The lowest BCUT2D eigenvalue weighted by Gasteiger charge is -2.13. The van der Waals surface area contributed by atoms with E-state index in [4.69, 9.17) is 16.3 Å². The molecule has 0 saturated heterocycles. The van der Waals surface area contributed by atoms with Crippen LogP contribution in [-0.4, -0.2) is 19.2 Å². The number of benzene rings is 1. The highest BCUT2D eigenvalue weighted by Crippen LogP contribution is 2.30. The second-order valence-electron chi connectivity index (χ2n) is 4.05. The van der Waals surface area contributed by atoms with Crippen LogP contribution < -0.4 is 15.4 Å². The van der Waals surface area contributed by atoms with Crippen molar-refractivity contribution in [3.05, 3.63) is 22.7 Å². The number of hydrogen-bond donors (Lipinski definition) is 2. The van der Waals surface area contributed by atoms with Gasteiger partial charge in [0.25, 0.3) is 0 Å². The average molecular weight is 257 g/mol. The molecule has 0 atom stereocenters. The molecule has 0 heterocycles. The minimum absolute atomic E-state index is 0.0871. The molecular formula is C12H17ClN2O2. The van der Waals surface area contributed by atoms with Crippen molar-refractivity contribution in [3.63, 3.8) is 0 Å².